The SMILES string of the molecule is CC(C)=O.CC(C)=O.Cc1ccc2c(c1)CN1CN2Cc2cc(C)ccc21.Cc1ccc2c(c1)CN1CN2Cc2cc(C)ccc21.Clc1ccc2c(c1)CN1CN2Cc2cc(Cl)ccc21.Clc1ccc2c(c1)CN1CN2Cc2cc(Cl)ccc21. The van der Waals surface area contributed by atoms with Gasteiger partial charge < -0.3 is 48.8 Å². The van der Waals surface area contributed by atoms with E-state index in [4.69, 9.17) is 46.4 Å². The van der Waals surface area contributed by atoms with Crippen LogP contribution < -0.4 is 39.2 Å². The molecule has 0 radical (unpaired) electrons. The first kappa shape index (κ1) is 58.4. The predicted molar refractivity (Wildman–Crippen MR) is 352 cm³/mol. The molecule has 0 aliphatic carbocycles. The highest BCUT2D eigenvalue weighted by Gasteiger charge is 2.33. The van der Waals surface area contributed by atoms with E-state index in [1.165, 1.54) is 140 Å². The van der Waals surface area contributed by atoms with E-state index in [2.05, 4.69) is 188 Å². The van der Waals surface area contributed by atoms with Crippen LogP contribution in [0.3, 0.4) is 0 Å². The van der Waals surface area contributed by atoms with Gasteiger partial charge in [0.05, 0.1) is 26.7 Å². The third-order valence-corrected chi connectivity index (χ3v) is 17.0. The number of rotatable bonds is 0. The molecule has 0 N–H and O–H groups in total. The lowest BCUT2D eigenvalue weighted by Crippen LogP contribution is -2.46. The Bertz CT molecular complexity index is 3110. The van der Waals surface area contributed by atoms with Gasteiger partial charge in [0.15, 0.2) is 0 Å². The van der Waals surface area contributed by atoms with Crippen molar-refractivity contribution in [3.8, 4) is 0 Å². The van der Waals surface area contributed by atoms with Crippen molar-refractivity contribution < 1.29 is 9.59 Å². The first-order valence-electron chi connectivity index (χ1n) is 28.7. The van der Waals surface area contributed by atoms with Gasteiger partial charge in [0.2, 0.25) is 0 Å². The maximum absolute atomic E-state index is 9.44. The number of hydrogen-bond donors (Lipinski definition) is 0. The number of fused-ring (bicyclic) bond motifs is 24. The smallest absolute Gasteiger partial charge is 0.126 e. The van der Waals surface area contributed by atoms with E-state index in [1.54, 1.807) is 0 Å². The van der Waals surface area contributed by atoms with Crippen molar-refractivity contribution in [1.29, 1.82) is 0 Å². The molecule has 10 nitrogen and oxygen atoms in total. The summed E-state index contributed by atoms with van der Waals surface area (Å²) in [5.41, 5.74) is 27.2. The molecule has 0 saturated carbocycles. The second-order valence-electron chi connectivity index (χ2n) is 23.6. The van der Waals surface area contributed by atoms with Crippen molar-refractivity contribution in [2.75, 3.05) is 65.9 Å². The molecule has 0 atom stereocenters. The van der Waals surface area contributed by atoms with Crippen molar-refractivity contribution >= 4 is 103 Å². The lowest BCUT2D eigenvalue weighted by molar-refractivity contribution is -0.115. The number of benzene rings is 8. The fraction of sp³-hybridized carbons (Fsp3) is 0.286. The second kappa shape index (κ2) is 24.7. The number of Topliss-reactive ketones (excluding diaryl/α,β-unsaturated/α-hetero) is 2. The van der Waals surface area contributed by atoms with Gasteiger partial charge in [-0.3, -0.25) is 0 Å². The molecule has 0 saturated heterocycles. The van der Waals surface area contributed by atoms with Gasteiger partial charge in [-0.1, -0.05) is 117 Å². The Hall–Kier alpha value is -7.34. The molecule has 0 aromatic heterocycles. The fourth-order valence-corrected chi connectivity index (χ4v) is 13.5. The molecule has 8 bridgehead atoms. The minimum atomic E-state index is 0.167. The van der Waals surface area contributed by atoms with Gasteiger partial charge in [-0.2, -0.15) is 0 Å². The number of carbonyl (C=O) groups is 2. The van der Waals surface area contributed by atoms with Crippen molar-refractivity contribution in [3.05, 3.63) is 232 Å². The second-order valence-corrected chi connectivity index (χ2v) is 25.3. The molecular formula is C70H72Cl4N8O2. The van der Waals surface area contributed by atoms with Crippen LogP contribution in [0.15, 0.2) is 146 Å². The third-order valence-electron chi connectivity index (χ3n) is 16.1. The predicted octanol–water partition coefficient (Wildman–Crippen LogP) is 17.0. The Labute approximate surface area is 515 Å². The molecule has 8 aromatic rings. The van der Waals surface area contributed by atoms with Crippen molar-refractivity contribution in [1.82, 2.24) is 0 Å². The number of carbonyl (C=O) groups excluding carboxylic acids is 2. The Kier molecular flexibility index (Phi) is 17.2. The molecule has 0 unspecified atom stereocenters. The molecule has 8 aromatic carbocycles. The zero-order chi connectivity index (χ0) is 59.1. The van der Waals surface area contributed by atoms with Crippen LogP contribution in [-0.4, -0.2) is 38.2 Å². The van der Waals surface area contributed by atoms with Crippen LogP contribution in [-0.2, 0) is 61.9 Å². The van der Waals surface area contributed by atoms with E-state index in [0.717, 1.165) is 99.1 Å². The van der Waals surface area contributed by atoms with E-state index < -0.39 is 0 Å². The summed E-state index contributed by atoms with van der Waals surface area (Å²) in [4.78, 5) is 38.3. The molecule has 84 heavy (non-hydrogen) atoms. The quantitative estimate of drug-likeness (QED) is 0.147. The number of anilines is 8. The number of aryl methyl sites for hydroxylation is 4. The van der Waals surface area contributed by atoms with Gasteiger partial charge in [0.1, 0.15) is 11.6 Å². The summed E-state index contributed by atoms with van der Waals surface area (Å²) in [6.07, 6.45) is 0. The van der Waals surface area contributed by atoms with E-state index >= 15 is 0 Å². The zero-order valence-corrected chi connectivity index (χ0v) is 52.3. The van der Waals surface area contributed by atoms with Crippen molar-refractivity contribution in [3.63, 3.8) is 0 Å². The van der Waals surface area contributed by atoms with Gasteiger partial charge in [-0.15, -0.1) is 0 Å². The van der Waals surface area contributed by atoms with Crippen LogP contribution in [0.5, 0.6) is 0 Å². The first-order chi connectivity index (χ1) is 40.3. The average molecular weight is 1200 g/mol. The van der Waals surface area contributed by atoms with Gasteiger partial charge in [0.25, 0.3) is 0 Å². The lowest BCUT2D eigenvalue weighted by Gasteiger charge is -2.45. The summed E-state index contributed by atoms with van der Waals surface area (Å²) in [6.45, 7) is 26.5. The minimum Gasteiger partial charge on any atom is -0.349 e. The lowest BCUT2D eigenvalue weighted by atomic mass is 9.99. The maximum Gasteiger partial charge on any atom is 0.126 e. The van der Waals surface area contributed by atoms with Gasteiger partial charge >= 0.3 is 0 Å². The number of hydrogen-bond acceptors (Lipinski definition) is 10. The molecular weight excluding hydrogens is 1130 g/mol. The van der Waals surface area contributed by atoms with Crippen LogP contribution >= 0.6 is 46.4 Å². The Morgan fingerprint density at radius 3 is 0.571 bits per heavy atom. The third kappa shape index (κ3) is 13.0. The Morgan fingerprint density at radius 2 is 0.405 bits per heavy atom. The molecule has 8 heterocycles. The standard InChI is InChI=1S/2C17H18N2.2C15H12Cl2N2.2C3H6O/c2*1-12-3-5-16-14(7-12)9-18-11-19(16)10-15-8-13(2)4-6-17(15)18;2*16-12-1-3-14-10(5-12)7-19-9-18(14)8-11-6-13(17)2-4-15(11)19;2*1-3(2)4/h2*3-8H,9-11H2,1-2H3;2*1-6H,7-9H2;2*1-2H3. The molecule has 432 valence electrons. The molecule has 14 heteroatoms. The maximum atomic E-state index is 9.44. The summed E-state index contributed by atoms with van der Waals surface area (Å²) < 4.78 is 0. The zero-order valence-electron chi connectivity index (χ0n) is 49.2. The van der Waals surface area contributed by atoms with Gasteiger partial charge in [-0.05, 0) is 197 Å². The Morgan fingerprint density at radius 1 is 0.262 bits per heavy atom. The highest BCUT2D eigenvalue weighted by atomic mass is 35.5. The number of nitrogens with zero attached hydrogens (tertiary/aromatic N) is 8. The molecule has 8 aliphatic rings. The van der Waals surface area contributed by atoms with Crippen molar-refractivity contribution in [2.45, 2.75) is 108 Å². The summed E-state index contributed by atoms with van der Waals surface area (Å²) in [5.74, 6) is 0.333. The molecule has 0 spiro atoms. The molecule has 0 amide bonds. The van der Waals surface area contributed by atoms with E-state index in [1.807, 2.05) is 24.3 Å². The summed E-state index contributed by atoms with van der Waals surface area (Å²) in [5, 5.41) is 3.21. The summed E-state index contributed by atoms with van der Waals surface area (Å²) >= 11 is 24.4. The largest absolute Gasteiger partial charge is 0.349 e. The Balaban J connectivity index is 0.000000112. The van der Waals surface area contributed by atoms with Gasteiger partial charge in [0, 0.05) is 118 Å². The van der Waals surface area contributed by atoms with Crippen LogP contribution in [0.25, 0.3) is 0 Å². The number of ketones is 2. The average Bonchev–Trinajstić information content (AvgIpc) is 3.64. The van der Waals surface area contributed by atoms with Crippen molar-refractivity contribution in [2.24, 2.45) is 0 Å². The topological polar surface area (TPSA) is 60.1 Å². The van der Waals surface area contributed by atoms with Crippen LogP contribution in [0.2, 0.25) is 20.1 Å². The normalized spacial score (nSPS) is 15.2. The van der Waals surface area contributed by atoms with Gasteiger partial charge in [-0.25, -0.2) is 0 Å². The van der Waals surface area contributed by atoms with E-state index in [0.29, 0.717) is 0 Å². The first-order valence-corrected chi connectivity index (χ1v) is 30.3. The highest BCUT2D eigenvalue weighted by molar-refractivity contribution is 6.31. The van der Waals surface area contributed by atoms with E-state index in [-0.39, 0.29) is 11.6 Å². The van der Waals surface area contributed by atoms with Crippen LogP contribution in [0.4, 0.5) is 45.5 Å². The van der Waals surface area contributed by atoms with E-state index in [9.17, 15) is 9.59 Å². The summed E-state index contributed by atoms with van der Waals surface area (Å²) in [7, 11) is 0. The molecule has 16 rings (SSSR count). The fourth-order valence-electron chi connectivity index (χ4n) is 12.7. The molecule has 0 fully saturated rings. The highest BCUT2D eigenvalue weighted by Crippen LogP contribution is 2.43. The van der Waals surface area contributed by atoms with Crippen LogP contribution in [0.1, 0.15) is 94.5 Å². The monoisotopic (exact) mass is 1200 g/mol. The molecule has 8 aliphatic heterocycles. The minimum absolute atomic E-state index is 0.167. The van der Waals surface area contributed by atoms with Crippen LogP contribution in [0, 0.1) is 27.7 Å². The number of halogens is 4. The summed E-state index contributed by atoms with van der Waals surface area (Å²) in [6, 6.07) is 51.9.